The Balaban J connectivity index is 1.60. The van der Waals surface area contributed by atoms with Gasteiger partial charge in [-0.25, -0.2) is 4.98 Å². The summed E-state index contributed by atoms with van der Waals surface area (Å²) >= 11 is 0. The third kappa shape index (κ3) is 4.01. The number of aromatic nitrogens is 2. The van der Waals surface area contributed by atoms with Crippen molar-refractivity contribution in [3.05, 3.63) is 107 Å². The average molecular weight is 397 g/mol. The molecule has 1 heterocycles. The van der Waals surface area contributed by atoms with Crippen molar-refractivity contribution in [2.45, 2.75) is 19.9 Å². The molecule has 3 aromatic carbocycles. The summed E-state index contributed by atoms with van der Waals surface area (Å²) in [7, 11) is 0. The van der Waals surface area contributed by atoms with E-state index in [-0.39, 0.29) is 11.5 Å². The van der Waals surface area contributed by atoms with Crippen molar-refractivity contribution in [2.75, 3.05) is 6.54 Å². The Morgan fingerprint density at radius 1 is 0.933 bits per heavy atom. The molecule has 0 aliphatic rings. The van der Waals surface area contributed by atoms with E-state index in [4.69, 9.17) is 0 Å². The van der Waals surface area contributed by atoms with Crippen molar-refractivity contribution >= 4 is 16.8 Å². The molecule has 0 spiro atoms. The van der Waals surface area contributed by atoms with Crippen LogP contribution in [-0.2, 0) is 6.54 Å². The fourth-order valence-electron chi connectivity index (χ4n) is 3.53. The highest BCUT2D eigenvalue weighted by Crippen LogP contribution is 2.14. The van der Waals surface area contributed by atoms with E-state index in [9.17, 15) is 9.59 Å². The Labute approximate surface area is 175 Å². The summed E-state index contributed by atoms with van der Waals surface area (Å²) in [5, 5.41) is 0.567. The highest BCUT2D eigenvalue weighted by atomic mass is 16.2. The van der Waals surface area contributed by atoms with Crippen molar-refractivity contribution in [3.63, 3.8) is 0 Å². The van der Waals surface area contributed by atoms with E-state index in [1.54, 1.807) is 30.3 Å². The van der Waals surface area contributed by atoms with Crippen molar-refractivity contribution in [3.8, 4) is 5.69 Å². The number of fused-ring (bicyclic) bond motifs is 1. The lowest BCUT2D eigenvalue weighted by Gasteiger charge is -2.22. The van der Waals surface area contributed by atoms with Gasteiger partial charge in [0.1, 0.15) is 6.33 Å². The number of hydrogen-bond acceptors (Lipinski definition) is 3. The lowest BCUT2D eigenvalue weighted by molar-refractivity contribution is 0.0743. The second-order valence-electron chi connectivity index (χ2n) is 7.20. The molecular formula is C25H23N3O2. The van der Waals surface area contributed by atoms with Gasteiger partial charge in [-0.3, -0.25) is 14.2 Å². The van der Waals surface area contributed by atoms with Gasteiger partial charge in [-0.05, 0) is 48.4 Å². The molecule has 0 unspecified atom stereocenters. The predicted octanol–water partition coefficient (Wildman–Crippen LogP) is 4.44. The smallest absolute Gasteiger partial charge is 0.265 e. The number of para-hydroxylation sites is 1. The summed E-state index contributed by atoms with van der Waals surface area (Å²) in [5.41, 5.74) is 2.92. The van der Waals surface area contributed by atoms with Gasteiger partial charge in [0.05, 0.1) is 16.6 Å². The van der Waals surface area contributed by atoms with Gasteiger partial charge in [0, 0.05) is 18.7 Å². The summed E-state index contributed by atoms with van der Waals surface area (Å²) < 4.78 is 1.50. The van der Waals surface area contributed by atoms with Crippen LogP contribution in [0.15, 0.2) is 90.0 Å². The molecule has 4 rings (SSSR count). The monoisotopic (exact) mass is 397 g/mol. The van der Waals surface area contributed by atoms with Gasteiger partial charge in [0.15, 0.2) is 0 Å². The maximum Gasteiger partial charge on any atom is 0.265 e. The number of rotatable bonds is 6. The van der Waals surface area contributed by atoms with E-state index in [1.165, 1.54) is 10.9 Å². The first-order chi connectivity index (χ1) is 14.7. The Bertz CT molecular complexity index is 1210. The van der Waals surface area contributed by atoms with Gasteiger partial charge in [-0.15, -0.1) is 0 Å². The molecule has 0 atom stereocenters. The average Bonchev–Trinajstić information content (AvgIpc) is 2.80. The SMILES string of the molecule is CCCN(Cc1ccccc1)C(=O)c1ccc(-n2cnc3ccccc3c2=O)cc1. The second kappa shape index (κ2) is 8.74. The molecule has 0 aliphatic heterocycles. The minimum atomic E-state index is -0.128. The zero-order valence-electron chi connectivity index (χ0n) is 16.9. The predicted molar refractivity (Wildman–Crippen MR) is 119 cm³/mol. The van der Waals surface area contributed by atoms with Crippen LogP contribution in [0.4, 0.5) is 0 Å². The standard InChI is InChI=1S/C25H23N3O2/c1-2-16-27(17-19-8-4-3-5-9-19)24(29)20-12-14-21(15-13-20)28-18-26-23-11-7-6-10-22(23)25(28)30/h3-15,18H,2,16-17H2,1H3. The van der Waals surface area contributed by atoms with Crippen LogP contribution in [0.1, 0.15) is 29.3 Å². The Kier molecular flexibility index (Phi) is 5.70. The highest BCUT2D eigenvalue weighted by Gasteiger charge is 2.16. The normalized spacial score (nSPS) is 10.8. The van der Waals surface area contributed by atoms with Crippen molar-refractivity contribution < 1.29 is 4.79 Å². The van der Waals surface area contributed by atoms with Crippen LogP contribution < -0.4 is 5.56 Å². The third-order valence-electron chi connectivity index (χ3n) is 5.05. The Hall–Kier alpha value is -3.73. The molecule has 150 valence electrons. The summed E-state index contributed by atoms with van der Waals surface area (Å²) in [6, 6.07) is 24.4. The molecule has 0 fully saturated rings. The number of amides is 1. The van der Waals surface area contributed by atoms with Gasteiger partial charge in [0.2, 0.25) is 0 Å². The first-order valence-corrected chi connectivity index (χ1v) is 10.1. The molecule has 5 nitrogen and oxygen atoms in total. The van der Waals surface area contributed by atoms with Crippen LogP contribution in [0.25, 0.3) is 16.6 Å². The molecule has 0 N–H and O–H groups in total. The molecular weight excluding hydrogens is 374 g/mol. The molecule has 1 amide bonds. The molecule has 0 saturated heterocycles. The fraction of sp³-hybridized carbons (Fsp3) is 0.160. The lowest BCUT2D eigenvalue weighted by Crippen LogP contribution is -2.31. The molecule has 0 bridgehead atoms. The van der Waals surface area contributed by atoms with Crippen LogP contribution in [-0.4, -0.2) is 26.9 Å². The van der Waals surface area contributed by atoms with Crippen LogP contribution >= 0.6 is 0 Å². The van der Waals surface area contributed by atoms with Gasteiger partial charge >= 0.3 is 0 Å². The molecule has 5 heteroatoms. The topological polar surface area (TPSA) is 55.2 Å². The van der Waals surface area contributed by atoms with Gasteiger partial charge < -0.3 is 4.90 Å². The van der Waals surface area contributed by atoms with E-state index in [0.29, 0.717) is 35.2 Å². The number of benzene rings is 3. The van der Waals surface area contributed by atoms with Crippen LogP contribution in [0.5, 0.6) is 0 Å². The minimum Gasteiger partial charge on any atom is -0.334 e. The van der Waals surface area contributed by atoms with Crippen molar-refractivity contribution in [2.24, 2.45) is 0 Å². The number of carbonyl (C=O) groups is 1. The summed E-state index contributed by atoms with van der Waals surface area (Å²) in [6.07, 6.45) is 2.41. The van der Waals surface area contributed by atoms with Gasteiger partial charge in [-0.2, -0.15) is 0 Å². The Morgan fingerprint density at radius 2 is 1.63 bits per heavy atom. The van der Waals surface area contributed by atoms with Gasteiger partial charge in [-0.1, -0.05) is 49.4 Å². The minimum absolute atomic E-state index is 0.0174. The molecule has 1 aromatic heterocycles. The zero-order valence-corrected chi connectivity index (χ0v) is 16.9. The van der Waals surface area contributed by atoms with Crippen LogP contribution in [0.2, 0.25) is 0 Å². The zero-order chi connectivity index (χ0) is 20.9. The third-order valence-corrected chi connectivity index (χ3v) is 5.05. The lowest BCUT2D eigenvalue weighted by atomic mass is 10.1. The van der Waals surface area contributed by atoms with Crippen LogP contribution in [0, 0.1) is 0 Å². The molecule has 0 aliphatic carbocycles. The number of carbonyl (C=O) groups excluding carboxylic acids is 1. The van der Waals surface area contributed by atoms with E-state index in [2.05, 4.69) is 11.9 Å². The largest absolute Gasteiger partial charge is 0.334 e. The number of hydrogen-bond donors (Lipinski definition) is 0. The molecule has 4 aromatic rings. The van der Waals surface area contributed by atoms with E-state index in [0.717, 1.165) is 12.0 Å². The molecule has 30 heavy (non-hydrogen) atoms. The number of nitrogens with zero attached hydrogens (tertiary/aromatic N) is 3. The first-order valence-electron chi connectivity index (χ1n) is 10.1. The van der Waals surface area contributed by atoms with E-state index >= 15 is 0 Å². The maximum absolute atomic E-state index is 13.1. The van der Waals surface area contributed by atoms with Crippen molar-refractivity contribution in [1.82, 2.24) is 14.5 Å². The maximum atomic E-state index is 13.1. The summed E-state index contributed by atoms with van der Waals surface area (Å²) in [6.45, 7) is 3.32. The quantitative estimate of drug-likeness (QED) is 0.483. The first kappa shape index (κ1) is 19.6. The fourth-order valence-corrected chi connectivity index (χ4v) is 3.53. The van der Waals surface area contributed by atoms with Crippen molar-refractivity contribution in [1.29, 1.82) is 0 Å². The highest BCUT2D eigenvalue weighted by molar-refractivity contribution is 5.94. The van der Waals surface area contributed by atoms with E-state index < -0.39 is 0 Å². The second-order valence-corrected chi connectivity index (χ2v) is 7.20. The molecule has 0 radical (unpaired) electrons. The van der Waals surface area contributed by atoms with Crippen LogP contribution in [0.3, 0.4) is 0 Å². The Morgan fingerprint density at radius 3 is 2.37 bits per heavy atom. The van der Waals surface area contributed by atoms with E-state index in [1.807, 2.05) is 53.4 Å². The summed E-state index contributed by atoms with van der Waals surface area (Å²) in [5.74, 6) is -0.0174. The van der Waals surface area contributed by atoms with Gasteiger partial charge in [0.25, 0.3) is 11.5 Å². The summed E-state index contributed by atoms with van der Waals surface area (Å²) in [4.78, 5) is 32.1. The molecule has 0 saturated carbocycles.